The highest BCUT2D eigenvalue weighted by molar-refractivity contribution is 5.96. The van der Waals surface area contributed by atoms with Crippen molar-refractivity contribution in [1.82, 2.24) is 5.32 Å². The summed E-state index contributed by atoms with van der Waals surface area (Å²) in [5.74, 6) is 0.673. The Kier molecular flexibility index (Phi) is 4.20. The van der Waals surface area contributed by atoms with E-state index in [9.17, 15) is 4.79 Å². The highest BCUT2D eigenvalue weighted by Gasteiger charge is 2.20. The molecule has 0 atom stereocenters. The van der Waals surface area contributed by atoms with Crippen LogP contribution < -0.4 is 11.1 Å². The van der Waals surface area contributed by atoms with E-state index in [1.54, 1.807) is 12.1 Å². The molecule has 1 aromatic rings. The summed E-state index contributed by atoms with van der Waals surface area (Å²) in [6.45, 7) is 3.84. The Bertz CT molecular complexity index is 428. The zero-order valence-electron chi connectivity index (χ0n) is 10.7. The number of ether oxygens (including phenoxy) is 1. The summed E-state index contributed by atoms with van der Waals surface area (Å²) in [4.78, 5) is 11.9. The molecule has 1 fully saturated rings. The standard InChI is InChI=1S/C14H20N2O2/c1-10-2-5-12(15)8-13(10)14(17)16-6-7-18-9-11-3-4-11/h2,5,8,11H,3-4,6-7,9,15H2,1H3,(H,16,17). The van der Waals surface area contributed by atoms with Gasteiger partial charge in [0.05, 0.1) is 6.61 Å². The summed E-state index contributed by atoms with van der Waals surface area (Å²) in [5.41, 5.74) is 7.85. The summed E-state index contributed by atoms with van der Waals surface area (Å²) >= 11 is 0. The van der Waals surface area contributed by atoms with Gasteiger partial charge >= 0.3 is 0 Å². The molecular formula is C14H20N2O2. The van der Waals surface area contributed by atoms with E-state index in [-0.39, 0.29) is 5.91 Å². The maximum Gasteiger partial charge on any atom is 0.251 e. The molecule has 2 rings (SSSR count). The lowest BCUT2D eigenvalue weighted by molar-refractivity contribution is 0.0906. The van der Waals surface area contributed by atoms with Crippen molar-refractivity contribution in [2.75, 3.05) is 25.5 Å². The number of nitrogens with two attached hydrogens (primary N) is 1. The van der Waals surface area contributed by atoms with E-state index < -0.39 is 0 Å². The number of amides is 1. The molecule has 0 spiro atoms. The smallest absolute Gasteiger partial charge is 0.251 e. The van der Waals surface area contributed by atoms with Crippen LogP contribution in [0.15, 0.2) is 18.2 Å². The van der Waals surface area contributed by atoms with Crippen molar-refractivity contribution >= 4 is 11.6 Å². The minimum atomic E-state index is -0.0881. The number of nitrogens with one attached hydrogen (secondary N) is 1. The third-order valence-electron chi connectivity index (χ3n) is 3.09. The van der Waals surface area contributed by atoms with Crippen LogP contribution in [-0.4, -0.2) is 25.7 Å². The summed E-state index contributed by atoms with van der Waals surface area (Å²) < 4.78 is 5.46. The molecule has 1 amide bonds. The third-order valence-corrected chi connectivity index (χ3v) is 3.09. The summed E-state index contributed by atoms with van der Waals surface area (Å²) in [6, 6.07) is 5.36. The first-order chi connectivity index (χ1) is 8.66. The molecule has 0 radical (unpaired) electrons. The zero-order valence-corrected chi connectivity index (χ0v) is 10.7. The van der Waals surface area contributed by atoms with Crippen LogP contribution in [0.3, 0.4) is 0 Å². The summed E-state index contributed by atoms with van der Waals surface area (Å²) in [6.07, 6.45) is 2.57. The highest BCUT2D eigenvalue weighted by Crippen LogP contribution is 2.28. The normalized spacial score (nSPS) is 14.5. The van der Waals surface area contributed by atoms with Crippen molar-refractivity contribution in [3.05, 3.63) is 29.3 Å². The number of nitrogen functional groups attached to an aromatic ring is 1. The molecule has 1 aromatic carbocycles. The number of hydrogen-bond acceptors (Lipinski definition) is 3. The van der Waals surface area contributed by atoms with Crippen molar-refractivity contribution in [3.8, 4) is 0 Å². The van der Waals surface area contributed by atoms with Crippen LogP contribution in [0.25, 0.3) is 0 Å². The van der Waals surface area contributed by atoms with Crippen molar-refractivity contribution in [2.45, 2.75) is 19.8 Å². The average molecular weight is 248 g/mol. The predicted molar refractivity (Wildman–Crippen MR) is 71.5 cm³/mol. The second-order valence-electron chi connectivity index (χ2n) is 4.85. The second-order valence-corrected chi connectivity index (χ2v) is 4.85. The topological polar surface area (TPSA) is 64.4 Å². The van der Waals surface area contributed by atoms with Gasteiger partial charge in [0.15, 0.2) is 0 Å². The molecule has 0 saturated heterocycles. The summed E-state index contributed by atoms with van der Waals surface area (Å²) in [7, 11) is 0. The van der Waals surface area contributed by atoms with Crippen molar-refractivity contribution in [3.63, 3.8) is 0 Å². The maximum absolute atomic E-state index is 11.9. The van der Waals surface area contributed by atoms with E-state index in [0.29, 0.717) is 24.4 Å². The molecule has 0 aromatic heterocycles. The molecule has 3 N–H and O–H groups in total. The van der Waals surface area contributed by atoms with Gasteiger partial charge in [0, 0.05) is 24.4 Å². The van der Waals surface area contributed by atoms with E-state index in [2.05, 4.69) is 5.32 Å². The molecule has 0 aliphatic heterocycles. The Morgan fingerprint density at radius 1 is 1.50 bits per heavy atom. The Morgan fingerprint density at radius 2 is 2.28 bits per heavy atom. The molecule has 4 heteroatoms. The Labute approximate surface area is 108 Å². The number of benzene rings is 1. The van der Waals surface area contributed by atoms with E-state index in [1.807, 2.05) is 13.0 Å². The lowest BCUT2D eigenvalue weighted by Crippen LogP contribution is -2.28. The van der Waals surface area contributed by atoms with Gasteiger partial charge in [0.1, 0.15) is 0 Å². The van der Waals surface area contributed by atoms with E-state index in [1.165, 1.54) is 12.8 Å². The van der Waals surface area contributed by atoms with Crippen LogP contribution in [-0.2, 0) is 4.74 Å². The van der Waals surface area contributed by atoms with Gasteiger partial charge in [-0.3, -0.25) is 4.79 Å². The summed E-state index contributed by atoms with van der Waals surface area (Å²) in [5, 5.41) is 2.84. The Morgan fingerprint density at radius 3 is 3.00 bits per heavy atom. The lowest BCUT2D eigenvalue weighted by atomic mass is 10.1. The first kappa shape index (κ1) is 12.9. The molecular weight excluding hydrogens is 228 g/mol. The van der Waals surface area contributed by atoms with Crippen LogP contribution in [0.4, 0.5) is 5.69 Å². The molecule has 0 unspecified atom stereocenters. The van der Waals surface area contributed by atoms with Crippen LogP contribution in [0, 0.1) is 12.8 Å². The quantitative estimate of drug-likeness (QED) is 0.595. The van der Waals surface area contributed by atoms with Crippen LogP contribution >= 0.6 is 0 Å². The SMILES string of the molecule is Cc1ccc(N)cc1C(=O)NCCOCC1CC1. The predicted octanol–water partition coefficient (Wildman–Crippen LogP) is 1.73. The van der Waals surface area contributed by atoms with Gasteiger partial charge in [-0.05, 0) is 43.4 Å². The number of hydrogen-bond donors (Lipinski definition) is 2. The molecule has 1 aliphatic carbocycles. The molecule has 18 heavy (non-hydrogen) atoms. The number of rotatable bonds is 6. The zero-order chi connectivity index (χ0) is 13.0. The second kappa shape index (κ2) is 5.87. The Balaban J connectivity index is 1.74. The minimum absolute atomic E-state index is 0.0881. The van der Waals surface area contributed by atoms with Gasteiger partial charge in [0.25, 0.3) is 5.91 Å². The molecule has 4 nitrogen and oxygen atoms in total. The van der Waals surface area contributed by atoms with Gasteiger partial charge in [0.2, 0.25) is 0 Å². The first-order valence-electron chi connectivity index (χ1n) is 6.39. The fraction of sp³-hybridized carbons (Fsp3) is 0.500. The van der Waals surface area contributed by atoms with Crippen molar-refractivity contribution in [2.24, 2.45) is 5.92 Å². The van der Waals surface area contributed by atoms with Gasteiger partial charge in [-0.25, -0.2) is 0 Å². The first-order valence-corrected chi connectivity index (χ1v) is 6.39. The maximum atomic E-state index is 11.9. The van der Waals surface area contributed by atoms with Crippen LogP contribution in [0.2, 0.25) is 0 Å². The molecule has 1 saturated carbocycles. The number of aryl methyl sites for hydroxylation is 1. The fourth-order valence-corrected chi connectivity index (χ4v) is 1.75. The monoisotopic (exact) mass is 248 g/mol. The van der Waals surface area contributed by atoms with Gasteiger partial charge < -0.3 is 15.8 Å². The molecule has 0 heterocycles. The number of anilines is 1. The van der Waals surface area contributed by atoms with Gasteiger partial charge in [-0.2, -0.15) is 0 Å². The van der Waals surface area contributed by atoms with Gasteiger partial charge in [-0.15, -0.1) is 0 Å². The van der Waals surface area contributed by atoms with Crippen LogP contribution in [0.1, 0.15) is 28.8 Å². The van der Waals surface area contributed by atoms with E-state index in [0.717, 1.165) is 18.1 Å². The molecule has 1 aliphatic rings. The van der Waals surface area contributed by atoms with E-state index in [4.69, 9.17) is 10.5 Å². The lowest BCUT2D eigenvalue weighted by Gasteiger charge is -2.08. The molecule has 98 valence electrons. The van der Waals surface area contributed by atoms with Crippen molar-refractivity contribution < 1.29 is 9.53 Å². The van der Waals surface area contributed by atoms with Crippen molar-refractivity contribution in [1.29, 1.82) is 0 Å². The highest BCUT2D eigenvalue weighted by atomic mass is 16.5. The number of carbonyl (C=O) groups is 1. The third kappa shape index (κ3) is 3.74. The van der Waals surface area contributed by atoms with E-state index >= 15 is 0 Å². The number of carbonyl (C=O) groups excluding carboxylic acids is 1. The fourth-order valence-electron chi connectivity index (χ4n) is 1.75. The minimum Gasteiger partial charge on any atom is -0.399 e. The molecule has 0 bridgehead atoms. The average Bonchev–Trinajstić information content (AvgIpc) is 3.15. The Hall–Kier alpha value is -1.55. The van der Waals surface area contributed by atoms with Crippen LogP contribution in [0.5, 0.6) is 0 Å². The largest absolute Gasteiger partial charge is 0.399 e. The van der Waals surface area contributed by atoms with Gasteiger partial charge in [-0.1, -0.05) is 6.07 Å².